The summed E-state index contributed by atoms with van der Waals surface area (Å²) in [6, 6.07) is 5.01. The Morgan fingerprint density at radius 1 is 1.41 bits per heavy atom. The number of benzene rings is 1. The van der Waals surface area contributed by atoms with Gasteiger partial charge in [0.15, 0.2) is 0 Å². The maximum absolute atomic E-state index is 13.5. The molecule has 0 spiro atoms. The average molecular weight is 299 g/mol. The number of rotatable bonds is 4. The summed E-state index contributed by atoms with van der Waals surface area (Å²) in [6.07, 6.45) is 1.66. The lowest BCUT2D eigenvalue weighted by Gasteiger charge is -2.04. The van der Waals surface area contributed by atoms with E-state index in [9.17, 15) is 4.39 Å². The van der Waals surface area contributed by atoms with Gasteiger partial charge in [0.05, 0.1) is 12.7 Å². The lowest BCUT2D eigenvalue weighted by Crippen LogP contribution is -2.13. The van der Waals surface area contributed by atoms with Crippen molar-refractivity contribution < 1.29 is 8.81 Å². The number of hydrogen-bond donors (Lipinski definition) is 1. The number of aryl methyl sites for hydroxylation is 1. The highest BCUT2D eigenvalue weighted by Crippen LogP contribution is 2.15. The van der Waals surface area contributed by atoms with Crippen molar-refractivity contribution in [2.45, 2.75) is 20.0 Å². The van der Waals surface area contributed by atoms with Crippen molar-refractivity contribution >= 4 is 15.9 Å². The smallest absolute Gasteiger partial charge is 0.208 e. The largest absolute Gasteiger partial charge is 0.445 e. The van der Waals surface area contributed by atoms with Crippen LogP contribution in [-0.4, -0.2) is 4.98 Å². The predicted octanol–water partition coefficient (Wildman–Crippen LogP) is 3.17. The standard InChI is InChI=1S/C12H12BrFN2O/c1-8-5-16-12(17-8)7-15-6-9-2-3-10(13)4-11(9)14/h2-5,15H,6-7H2,1H3. The minimum absolute atomic E-state index is 0.226. The third-order valence-electron chi connectivity index (χ3n) is 2.28. The highest BCUT2D eigenvalue weighted by Gasteiger charge is 2.04. The first kappa shape index (κ1) is 12.3. The molecule has 0 aliphatic carbocycles. The van der Waals surface area contributed by atoms with E-state index in [1.165, 1.54) is 6.07 Å². The van der Waals surface area contributed by atoms with Gasteiger partial charge < -0.3 is 9.73 Å². The van der Waals surface area contributed by atoms with E-state index in [2.05, 4.69) is 26.2 Å². The van der Waals surface area contributed by atoms with Gasteiger partial charge in [-0.25, -0.2) is 9.37 Å². The fourth-order valence-corrected chi connectivity index (χ4v) is 1.79. The minimum atomic E-state index is -0.226. The molecule has 0 bridgehead atoms. The van der Waals surface area contributed by atoms with Crippen LogP contribution in [0.1, 0.15) is 17.2 Å². The SMILES string of the molecule is Cc1cnc(CNCc2ccc(Br)cc2F)o1. The Kier molecular flexibility index (Phi) is 3.91. The molecule has 0 fully saturated rings. The maximum atomic E-state index is 13.5. The van der Waals surface area contributed by atoms with E-state index in [0.29, 0.717) is 24.5 Å². The minimum Gasteiger partial charge on any atom is -0.445 e. The van der Waals surface area contributed by atoms with Gasteiger partial charge in [0.2, 0.25) is 5.89 Å². The highest BCUT2D eigenvalue weighted by molar-refractivity contribution is 9.10. The monoisotopic (exact) mass is 298 g/mol. The lowest BCUT2D eigenvalue weighted by molar-refractivity contribution is 0.447. The van der Waals surface area contributed by atoms with Gasteiger partial charge in [-0.3, -0.25) is 0 Å². The van der Waals surface area contributed by atoms with E-state index < -0.39 is 0 Å². The normalized spacial score (nSPS) is 10.8. The topological polar surface area (TPSA) is 38.1 Å². The van der Waals surface area contributed by atoms with Gasteiger partial charge in [0.1, 0.15) is 11.6 Å². The van der Waals surface area contributed by atoms with Crippen LogP contribution in [0.3, 0.4) is 0 Å². The van der Waals surface area contributed by atoms with Gasteiger partial charge in [-0.1, -0.05) is 22.0 Å². The van der Waals surface area contributed by atoms with Crippen molar-refractivity contribution in [1.29, 1.82) is 0 Å². The van der Waals surface area contributed by atoms with Gasteiger partial charge in [-0.2, -0.15) is 0 Å². The lowest BCUT2D eigenvalue weighted by atomic mass is 10.2. The third-order valence-corrected chi connectivity index (χ3v) is 2.77. The summed E-state index contributed by atoms with van der Waals surface area (Å²) in [4.78, 5) is 4.05. The first-order valence-electron chi connectivity index (χ1n) is 5.21. The van der Waals surface area contributed by atoms with Crippen LogP contribution < -0.4 is 5.32 Å². The molecular weight excluding hydrogens is 287 g/mol. The number of hydrogen-bond acceptors (Lipinski definition) is 3. The zero-order valence-electron chi connectivity index (χ0n) is 9.34. The van der Waals surface area contributed by atoms with Crippen LogP contribution in [0.25, 0.3) is 0 Å². The molecule has 0 amide bonds. The van der Waals surface area contributed by atoms with Crippen LogP contribution in [0.2, 0.25) is 0 Å². The first-order valence-corrected chi connectivity index (χ1v) is 6.00. The van der Waals surface area contributed by atoms with E-state index in [-0.39, 0.29) is 5.82 Å². The second-order valence-corrected chi connectivity index (χ2v) is 4.62. The van der Waals surface area contributed by atoms with Crippen molar-refractivity contribution in [3.63, 3.8) is 0 Å². The van der Waals surface area contributed by atoms with Gasteiger partial charge in [-0.15, -0.1) is 0 Å². The van der Waals surface area contributed by atoms with Crippen LogP contribution >= 0.6 is 15.9 Å². The molecule has 0 aliphatic heterocycles. The highest BCUT2D eigenvalue weighted by atomic mass is 79.9. The number of halogens is 2. The second kappa shape index (κ2) is 5.42. The van der Waals surface area contributed by atoms with Crippen molar-refractivity contribution in [3.8, 4) is 0 Å². The van der Waals surface area contributed by atoms with Crippen LogP contribution in [0.5, 0.6) is 0 Å². The van der Waals surface area contributed by atoms with E-state index in [1.807, 2.05) is 13.0 Å². The quantitative estimate of drug-likeness (QED) is 0.942. The molecule has 0 saturated carbocycles. The van der Waals surface area contributed by atoms with Gasteiger partial charge >= 0.3 is 0 Å². The molecule has 17 heavy (non-hydrogen) atoms. The molecule has 5 heteroatoms. The van der Waals surface area contributed by atoms with Crippen molar-refractivity contribution in [2.24, 2.45) is 0 Å². The molecule has 2 rings (SSSR count). The van der Waals surface area contributed by atoms with E-state index in [0.717, 1.165) is 10.2 Å². The van der Waals surface area contributed by atoms with Gasteiger partial charge in [-0.05, 0) is 19.1 Å². The van der Waals surface area contributed by atoms with E-state index in [4.69, 9.17) is 4.42 Å². The summed E-state index contributed by atoms with van der Waals surface area (Å²) in [5.74, 6) is 1.16. The molecule has 1 aromatic carbocycles. The Balaban J connectivity index is 1.90. The Morgan fingerprint density at radius 2 is 2.24 bits per heavy atom. The molecule has 0 aliphatic rings. The van der Waals surface area contributed by atoms with Gasteiger partial charge in [0.25, 0.3) is 0 Å². The van der Waals surface area contributed by atoms with E-state index >= 15 is 0 Å². The summed E-state index contributed by atoms with van der Waals surface area (Å²) < 4.78 is 19.5. The molecule has 1 aromatic heterocycles. The Morgan fingerprint density at radius 3 is 2.88 bits per heavy atom. The molecule has 0 atom stereocenters. The molecule has 0 radical (unpaired) electrons. The maximum Gasteiger partial charge on any atom is 0.208 e. The second-order valence-electron chi connectivity index (χ2n) is 3.70. The summed E-state index contributed by atoms with van der Waals surface area (Å²) >= 11 is 3.22. The summed E-state index contributed by atoms with van der Waals surface area (Å²) in [5, 5.41) is 3.08. The summed E-state index contributed by atoms with van der Waals surface area (Å²) in [7, 11) is 0. The number of oxazole rings is 1. The van der Waals surface area contributed by atoms with Crippen molar-refractivity contribution in [2.75, 3.05) is 0 Å². The van der Waals surface area contributed by atoms with Gasteiger partial charge in [0, 0.05) is 16.6 Å². The first-order chi connectivity index (χ1) is 8.15. The number of aromatic nitrogens is 1. The zero-order valence-corrected chi connectivity index (χ0v) is 10.9. The summed E-state index contributed by atoms with van der Waals surface area (Å²) in [6.45, 7) is 2.77. The fraction of sp³-hybridized carbons (Fsp3) is 0.250. The molecule has 1 N–H and O–H groups in total. The number of nitrogens with one attached hydrogen (secondary N) is 1. The predicted molar refractivity (Wildman–Crippen MR) is 65.9 cm³/mol. The van der Waals surface area contributed by atoms with E-state index in [1.54, 1.807) is 12.3 Å². The Hall–Kier alpha value is -1.20. The molecule has 90 valence electrons. The average Bonchev–Trinajstić information content (AvgIpc) is 2.68. The zero-order chi connectivity index (χ0) is 12.3. The van der Waals surface area contributed by atoms with Crippen LogP contribution in [0, 0.1) is 12.7 Å². The molecule has 2 aromatic rings. The molecular formula is C12H12BrFN2O. The molecule has 1 heterocycles. The molecule has 0 unspecified atom stereocenters. The Bertz CT molecular complexity index is 513. The van der Waals surface area contributed by atoms with Crippen LogP contribution in [-0.2, 0) is 13.1 Å². The van der Waals surface area contributed by atoms with Crippen LogP contribution in [0.4, 0.5) is 4.39 Å². The summed E-state index contributed by atoms with van der Waals surface area (Å²) in [5.41, 5.74) is 0.622. The Labute approximate surface area is 107 Å². The number of nitrogens with zero attached hydrogens (tertiary/aromatic N) is 1. The van der Waals surface area contributed by atoms with Crippen molar-refractivity contribution in [1.82, 2.24) is 10.3 Å². The molecule has 0 saturated heterocycles. The van der Waals surface area contributed by atoms with Crippen molar-refractivity contribution in [3.05, 3.63) is 51.9 Å². The molecule has 3 nitrogen and oxygen atoms in total. The fourth-order valence-electron chi connectivity index (χ4n) is 1.45. The third kappa shape index (κ3) is 3.38. The van der Waals surface area contributed by atoms with Crippen LogP contribution in [0.15, 0.2) is 33.3 Å².